The fourth-order valence-electron chi connectivity index (χ4n) is 0.522. The molecule has 4 heteroatoms. The Hall–Kier alpha value is -1.32. The summed E-state index contributed by atoms with van der Waals surface area (Å²) in [5, 5.41) is 0. The number of aromatic nitrogens is 1. The van der Waals surface area contributed by atoms with E-state index in [9.17, 15) is 9.59 Å². The van der Waals surface area contributed by atoms with Gasteiger partial charge in [0.05, 0.1) is 0 Å². The lowest BCUT2D eigenvalue weighted by molar-refractivity contribution is 0.451. The molecule has 0 saturated heterocycles. The smallest absolute Gasteiger partial charge is 0.415 e. The van der Waals surface area contributed by atoms with Crippen LogP contribution >= 0.6 is 0 Å². The van der Waals surface area contributed by atoms with Crippen LogP contribution in [0, 0.1) is 6.92 Å². The zero-order valence-corrected chi connectivity index (χ0v) is 4.80. The fraction of sp³-hybridized carbons (Fsp3) is 0.200. The Labute approximate surface area is 50.1 Å². The zero-order valence-electron chi connectivity index (χ0n) is 4.80. The molecule has 0 radical (unpaired) electrons. The lowest BCUT2D eigenvalue weighted by atomic mass is 10.5. The molecule has 1 rings (SSSR count). The summed E-state index contributed by atoms with van der Waals surface area (Å²) in [4.78, 5) is 22.6. The van der Waals surface area contributed by atoms with Crippen LogP contribution in [-0.4, -0.2) is 4.98 Å². The van der Waals surface area contributed by atoms with Crippen LogP contribution in [0.4, 0.5) is 0 Å². The maximum atomic E-state index is 10.4. The van der Waals surface area contributed by atoms with Crippen molar-refractivity contribution in [3.63, 3.8) is 0 Å². The quantitative estimate of drug-likeness (QED) is 0.517. The van der Waals surface area contributed by atoms with E-state index >= 15 is 0 Å². The summed E-state index contributed by atoms with van der Waals surface area (Å²) in [5.74, 6) is -0.385. The van der Waals surface area contributed by atoms with E-state index in [-0.39, 0.29) is 0 Å². The highest BCUT2D eigenvalue weighted by Crippen LogP contribution is 1.80. The van der Waals surface area contributed by atoms with Crippen LogP contribution in [0.25, 0.3) is 0 Å². The van der Waals surface area contributed by atoms with E-state index in [4.69, 9.17) is 0 Å². The Morgan fingerprint density at radius 3 is 2.67 bits per heavy atom. The molecular formula is C5H5NO3. The van der Waals surface area contributed by atoms with Crippen molar-refractivity contribution in [2.45, 2.75) is 6.92 Å². The highest BCUT2D eigenvalue weighted by Gasteiger charge is 1.89. The second kappa shape index (κ2) is 1.89. The van der Waals surface area contributed by atoms with Gasteiger partial charge in [-0.3, -0.25) is 9.78 Å². The van der Waals surface area contributed by atoms with Gasteiger partial charge >= 0.3 is 5.76 Å². The van der Waals surface area contributed by atoms with Gasteiger partial charge in [0.25, 0.3) is 5.56 Å². The first-order chi connectivity index (χ1) is 4.18. The topological polar surface area (TPSA) is 63.1 Å². The lowest BCUT2D eigenvalue weighted by Gasteiger charge is -1.83. The van der Waals surface area contributed by atoms with Gasteiger partial charge in [-0.05, 0) is 6.92 Å². The molecule has 0 fully saturated rings. The van der Waals surface area contributed by atoms with Gasteiger partial charge in [0.1, 0.15) is 5.76 Å². The molecule has 0 aliphatic rings. The van der Waals surface area contributed by atoms with Gasteiger partial charge in [-0.15, -0.1) is 0 Å². The van der Waals surface area contributed by atoms with Crippen molar-refractivity contribution in [1.29, 1.82) is 0 Å². The monoisotopic (exact) mass is 127 g/mol. The molecule has 48 valence electrons. The highest BCUT2D eigenvalue weighted by molar-refractivity contribution is 4.89. The van der Waals surface area contributed by atoms with Crippen molar-refractivity contribution in [3.8, 4) is 0 Å². The molecule has 0 aromatic carbocycles. The van der Waals surface area contributed by atoms with Gasteiger partial charge in [0, 0.05) is 6.07 Å². The summed E-state index contributed by atoms with van der Waals surface area (Å²) < 4.78 is 4.45. The lowest BCUT2D eigenvalue weighted by Crippen LogP contribution is -2.17. The van der Waals surface area contributed by atoms with Crippen molar-refractivity contribution >= 4 is 0 Å². The van der Waals surface area contributed by atoms with Gasteiger partial charge in [-0.2, -0.15) is 0 Å². The van der Waals surface area contributed by atoms with Gasteiger partial charge in [0.15, 0.2) is 0 Å². The van der Waals surface area contributed by atoms with Crippen molar-refractivity contribution in [2.75, 3.05) is 0 Å². The predicted molar refractivity (Wildman–Crippen MR) is 30.3 cm³/mol. The molecule has 1 N–H and O–H groups in total. The number of hydrogen-bond donors (Lipinski definition) is 1. The number of H-pyrrole nitrogens is 1. The zero-order chi connectivity index (χ0) is 6.85. The first-order valence-electron chi connectivity index (χ1n) is 2.39. The predicted octanol–water partition coefficient (Wildman–Crippen LogP) is -0.363. The van der Waals surface area contributed by atoms with E-state index in [0.29, 0.717) is 5.76 Å². The third kappa shape index (κ3) is 1.28. The Bertz CT molecular complexity index is 280. The second-order valence-corrected chi connectivity index (χ2v) is 1.63. The van der Waals surface area contributed by atoms with E-state index in [2.05, 4.69) is 4.42 Å². The summed E-state index contributed by atoms with van der Waals surface area (Å²) in [6.45, 7) is 1.54. The van der Waals surface area contributed by atoms with Gasteiger partial charge in [-0.25, -0.2) is 4.79 Å². The van der Waals surface area contributed by atoms with Crippen molar-refractivity contribution < 1.29 is 4.42 Å². The molecule has 0 spiro atoms. The van der Waals surface area contributed by atoms with E-state index in [1.54, 1.807) is 0 Å². The molecule has 1 heterocycles. The Morgan fingerprint density at radius 1 is 1.56 bits per heavy atom. The van der Waals surface area contributed by atoms with Gasteiger partial charge < -0.3 is 4.42 Å². The van der Waals surface area contributed by atoms with E-state index in [0.717, 1.165) is 0 Å². The molecule has 0 bridgehead atoms. The van der Waals surface area contributed by atoms with E-state index in [1.807, 2.05) is 4.98 Å². The first kappa shape index (κ1) is 5.81. The minimum Gasteiger partial charge on any atom is -0.415 e. The van der Waals surface area contributed by atoms with Crippen LogP contribution in [0.1, 0.15) is 5.76 Å². The van der Waals surface area contributed by atoms with Crippen molar-refractivity contribution in [2.24, 2.45) is 0 Å². The molecule has 0 aliphatic carbocycles. The van der Waals surface area contributed by atoms with Gasteiger partial charge in [0.2, 0.25) is 0 Å². The maximum absolute atomic E-state index is 10.4. The van der Waals surface area contributed by atoms with Crippen LogP contribution in [0.2, 0.25) is 0 Å². The summed E-state index contributed by atoms with van der Waals surface area (Å²) in [6.07, 6.45) is 0. The van der Waals surface area contributed by atoms with E-state index in [1.165, 1.54) is 13.0 Å². The molecule has 1 aromatic heterocycles. The van der Waals surface area contributed by atoms with Crippen molar-refractivity contribution in [3.05, 3.63) is 32.7 Å². The normalized spacial score (nSPS) is 9.44. The largest absolute Gasteiger partial charge is 0.419 e. The molecule has 0 saturated carbocycles. The molecule has 4 nitrogen and oxygen atoms in total. The molecule has 0 atom stereocenters. The van der Waals surface area contributed by atoms with Crippen molar-refractivity contribution in [1.82, 2.24) is 4.98 Å². The average molecular weight is 127 g/mol. The van der Waals surface area contributed by atoms with Crippen LogP contribution < -0.4 is 11.3 Å². The Balaban J connectivity index is 3.52. The molecule has 9 heavy (non-hydrogen) atoms. The SMILES string of the molecule is Cc1cc(=O)[nH]c(=O)o1. The summed E-state index contributed by atoms with van der Waals surface area (Å²) in [7, 11) is 0. The number of nitrogens with one attached hydrogen (secondary N) is 1. The molecular weight excluding hydrogens is 122 g/mol. The third-order valence-corrected chi connectivity index (χ3v) is 0.813. The summed E-state index contributed by atoms with van der Waals surface area (Å²) >= 11 is 0. The molecule has 1 aromatic rings. The molecule has 0 unspecified atom stereocenters. The third-order valence-electron chi connectivity index (χ3n) is 0.813. The number of aromatic amines is 1. The highest BCUT2D eigenvalue weighted by atomic mass is 16.4. The molecule has 0 aliphatic heterocycles. The van der Waals surface area contributed by atoms with Crippen LogP contribution in [0.15, 0.2) is 20.1 Å². The number of rotatable bonds is 0. The second-order valence-electron chi connectivity index (χ2n) is 1.63. The van der Waals surface area contributed by atoms with E-state index < -0.39 is 11.3 Å². The molecule has 0 amide bonds. The van der Waals surface area contributed by atoms with Crippen LogP contribution in [0.3, 0.4) is 0 Å². The number of aryl methyl sites for hydroxylation is 1. The number of hydrogen-bond acceptors (Lipinski definition) is 3. The summed E-state index contributed by atoms with van der Waals surface area (Å²) in [5.41, 5.74) is -0.427. The van der Waals surface area contributed by atoms with Crippen LogP contribution in [-0.2, 0) is 0 Å². The Morgan fingerprint density at radius 2 is 2.22 bits per heavy atom. The van der Waals surface area contributed by atoms with Gasteiger partial charge in [-0.1, -0.05) is 0 Å². The first-order valence-corrected chi connectivity index (χ1v) is 2.39. The standard InChI is InChI=1S/C5H5NO3/c1-3-2-4(7)6-5(8)9-3/h2H,1H3,(H,6,7,8). The fourth-order valence-corrected chi connectivity index (χ4v) is 0.522. The minimum absolute atomic E-state index is 0.323. The van der Waals surface area contributed by atoms with Crippen LogP contribution in [0.5, 0.6) is 0 Å². The maximum Gasteiger partial charge on any atom is 0.419 e. The minimum atomic E-state index is -0.708. The summed E-state index contributed by atoms with van der Waals surface area (Å²) in [6, 6.07) is 1.21. The average Bonchev–Trinajstić information content (AvgIpc) is 1.59. The Kier molecular flexibility index (Phi) is 1.22.